The number of hydrogen-bond donors (Lipinski definition) is 1. The third-order valence-corrected chi connectivity index (χ3v) is 5.56. The standard InChI is InChI=1S/C18H19N2OS/c1-14-7-5-6-10-16(14)19-13-18(21,15-8-3-2-4-9-15)20-11-12-22-17(19)20/h2-10,21H,11-13H2,1H3/q+1. The Bertz CT molecular complexity index is 744. The minimum Gasteiger partial charge on any atom is -0.346 e. The van der Waals surface area contributed by atoms with Crippen LogP contribution in [0.25, 0.3) is 0 Å². The van der Waals surface area contributed by atoms with Crippen LogP contribution in [0.15, 0.2) is 54.6 Å². The molecule has 0 aromatic heterocycles. The van der Waals surface area contributed by atoms with Crippen LogP contribution in [-0.2, 0) is 5.72 Å². The van der Waals surface area contributed by atoms with E-state index in [0.717, 1.165) is 17.9 Å². The molecule has 4 heteroatoms. The maximum absolute atomic E-state index is 11.4. The van der Waals surface area contributed by atoms with E-state index in [-0.39, 0.29) is 0 Å². The summed E-state index contributed by atoms with van der Waals surface area (Å²) < 4.78 is 2.15. The summed E-state index contributed by atoms with van der Waals surface area (Å²) in [6, 6.07) is 18.4. The fraction of sp³-hybridized carbons (Fsp3) is 0.278. The van der Waals surface area contributed by atoms with Gasteiger partial charge in [-0.2, -0.15) is 0 Å². The third-order valence-electron chi connectivity index (χ3n) is 4.48. The van der Waals surface area contributed by atoms with Gasteiger partial charge in [0.15, 0.2) is 6.54 Å². The van der Waals surface area contributed by atoms with Crippen LogP contribution in [0.5, 0.6) is 0 Å². The molecule has 2 aliphatic heterocycles. The van der Waals surface area contributed by atoms with Crippen molar-refractivity contribution in [3.05, 3.63) is 65.7 Å². The van der Waals surface area contributed by atoms with Gasteiger partial charge in [-0.3, -0.25) is 0 Å². The third kappa shape index (κ3) is 1.98. The molecule has 3 nitrogen and oxygen atoms in total. The molecule has 1 atom stereocenters. The number of β-amino-alcohol motifs (C(OH)–C–C–N with tert-alkyl or cyclic N) is 1. The Morgan fingerprint density at radius 3 is 2.59 bits per heavy atom. The average molecular weight is 311 g/mol. The highest BCUT2D eigenvalue weighted by atomic mass is 32.2. The van der Waals surface area contributed by atoms with Gasteiger partial charge in [-0.25, -0.2) is 9.48 Å². The van der Waals surface area contributed by atoms with Crippen molar-refractivity contribution in [2.24, 2.45) is 0 Å². The lowest BCUT2D eigenvalue weighted by Crippen LogP contribution is -2.41. The molecule has 1 unspecified atom stereocenters. The van der Waals surface area contributed by atoms with E-state index in [1.54, 1.807) is 0 Å². The van der Waals surface area contributed by atoms with Gasteiger partial charge in [0.1, 0.15) is 5.69 Å². The highest BCUT2D eigenvalue weighted by Gasteiger charge is 2.54. The summed E-state index contributed by atoms with van der Waals surface area (Å²) in [7, 11) is 0. The number of thioether (sulfide) groups is 1. The molecule has 4 rings (SSSR count). The van der Waals surface area contributed by atoms with E-state index in [0.29, 0.717) is 6.54 Å². The highest BCUT2D eigenvalue weighted by Crippen LogP contribution is 2.38. The van der Waals surface area contributed by atoms with Gasteiger partial charge in [-0.15, -0.1) is 0 Å². The Morgan fingerprint density at radius 1 is 1.09 bits per heavy atom. The Kier molecular flexibility index (Phi) is 3.24. The van der Waals surface area contributed by atoms with Crippen LogP contribution in [0.3, 0.4) is 0 Å². The quantitative estimate of drug-likeness (QED) is 0.864. The van der Waals surface area contributed by atoms with Gasteiger partial charge in [0, 0.05) is 11.3 Å². The van der Waals surface area contributed by atoms with E-state index in [4.69, 9.17) is 0 Å². The molecule has 0 saturated heterocycles. The summed E-state index contributed by atoms with van der Waals surface area (Å²) in [5.41, 5.74) is 2.44. The predicted octanol–water partition coefficient (Wildman–Crippen LogP) is 2.78. The number of aryl methyl sites for hydroxylation is 1. The van der Waals surface area contributed by atoms with Crippen molar-refractivity contribution < 1.29 is 9.68 Å². The average Bonchev–Trinajstić information content (AvgIpc) is 3.13. The molecule has 22 heavy (non-hydrogen) atoms. The van der Waals surface area contributed by atoms with Crippen molar-refractivity contribution in [3.63, 3.8) is 0 Å². The molecule has 112 valence electrons. The van der Waals surface area contributed by atoms with E-state index < -0.39 is 5.72 Å². The molecule has 0 saturated carbocycles. The van der Waals surface area contributed by atoms with Gasteiger partial charge in [-0.1, -0.05) is 48.5 Å². The van der Waals surface area contributed by atoms with E-state index in [2.05, 4.69) is 40.7 Å². The molecule has 2 aromatic rings. The van der Waals surface area contributed by atoms with Crippen molar-refractivity contribution >= 4 is 22.6 Å². The number of rotatable bonds is 2. The predicted molar refractivity (Wildman–Crippen MR) is 91.5 cm³/mol. The number of benzene rings is 2. The number of hydrogen-bond acceptors (Lipinski definition) is 3. The zero-order valence-corrected chi connectivity index (χ0v) is 13.4. The number of nitrogens with zero attached hydrogens (tertiary/aromatic N) is 2. The topological polar surface area (TPSA) is 26.5 Å². The summed E-state index contributed by atoms with van der Waals surface area (Å²) in [5, 5.41) is 12.6. The number of aliphatic hydroxyl groups is 1. The first-order valence-corrected chi connectivity index (χ1v) is 8.57. The van der Waals surface area contributed by atoms with Crippen molar-refractivity contribution in [2.45, 2.75) is 12.6 Å². The Morgan fingerprint density at radius 2 is 1.82 bits per heavy atom. The van der Waals surface area contributed by atoms with Gasteiger partial charge >= 0.3 is 5.17 Å². The molecule has 0 amide bonds. The normalized spacial score (nSPS) is 24.0. The minimum atomic E-state index is -0.942. The smallest absolute Gasteiger partial charge is 0.316 e. The number of para-hydroxylation sites is 1. The lowest BCUT2D eigenvalue weighted by Gasteiger charge is -2.23. The fourth-order valence-corrected chi connectivity index (χ4v) is 4.52. The molecular formula is C18H19N2OS+. The van der Waals surface area contributed by atoms with E-state index >= 15 is 0 Å². The minimum absolute atomic E-state index is 0.574. The summed E-state index contributed by atoms with van der Waals surface area (Å²) >= 11 is 1.83. The van der Waals surface area contributed by atoms with Gasteiger partial charge in [0.05, 0.1) is 6.54 Å². The van der Waals surface area contributed by atoms with Crippen LogP contribution < -0.4 is 4.90 Å². The molecule has 0 radical (unpaired) electrons. The van der Waals surface area contributed by atoms with E-state index in [1.165, 1.54) is 16.4 Å². The molecule has 0 fully saturated rings. The van der Waals surface area contributed by atoms with Crippen LogP contribution in [0.2, 0.25) is 0 Å². The maximum atomic E-state index is 11.4. The zero-order valence-electron chi connectivity index (χ0n) is 12.6. The van der Waals surface area contributed by atoms with Gasteiger partial charge in [0.2, 0.25) is 0 Å². The molecule has 2 aliphatic rings. The molecule has 0 bridgehead atoms. The molecular weight excluding hydrogens is 292 g/mol. The summed E-state index contributed by atoms with van der Waals surface area (Å²) in [5.74, 6) is 1.02. The second-order valence-corrected chi connectivity index (χ2v) is 6.90. The number of anilines is 1. The lowest BCUT2D eigenvalue weighted by atomic mass is 10.0. The zero-order chi connectivity index (χ0) is 15.2. The first-order valence-electron chi connectivity index (χ1n) is 7.58. The largest absolute Gasteiger partial charge is 0.346 e. The fourth-order valence-electron chi connectivity index (χ4n) is 3.35. The lowest BCUT2D eigenvalue weighted by molar-refractivity contribution is -0.650. The van der Waals surface area contributed by atoms with Crippen LogP contribution in [-0.4, -0.2) is 33.7 Å². The van der Waals surface area contributed by atoms with Gasteiger partial charge in [-0.05, 0) is 30.3 Å². The summed E-state index contributed by atoms with van der Waals surface area (Å²) in [6.45, 7) is 3.58. The van der Waals surface area contributed by atoms with Crippen molar-refractivity contribution in [1.82, 2.24) is 0 Å². The molecule has 2 aromatic carbocycles. The first kappa shape index (κ1) is 13.9. The van der Waals surface area contributed by atoms with Crippen molar-refractivity contribution in [2.75, 3.05) is 23.7 Å². The second kappa shape index (κ2) is 5.14. The molecule has 0 aliphatic carbocycles. The highest BCUT2D eigenvalue weighted by molar-refractivity contribution is 8.14. The van der Waals surface area contributed by atoms with Crippen molar-refractivity contribution in [1.29, 1.82) is 0 Å². The van der Waals surface area contributed by atoms with E-state index in [9.17, 15) is 5.11 Å². The first-order chi connectivity index (χ1) is 10.7. The second-order valence-electron chi connectivity index (χ2n) is 5.84. The Hall–Kier alpha value is -1.78. The summed E-state index contributed by atoms with van der Waals surface area (Å²) in [6.07, 6.45) is 0. The van der Waals surface area contributed by atoms with Gasteiger partial charge in [0.25, 0.3) is 5.72 Å². The van der Waals surface area contributed by atoms with Crippen LogP contribution >= 0.6 is 11.8 Å². The SMILES string of the molecule is Cc1ccccc1N1CC(O)(c2ccccc2)[N+]2=C1SCC2. The number of amidine groups is 1. The van der Waals surface area contributed by atoms with Crippen LogP contribution in [0, 0.1) is 6.92 Å². The monoisotopic (exact) mass is 311 g/mol. The molecule has 0 spiro atoms. The van der Waals surface area contributed by atoms with Gasteiger partial charge < -0.3 is 5.11 Å². The van der Waals surface area contributed by atoms with Crippen LogP contribution in [0.1, 0.15) is 11.1 Å². The summed E-state index contributed by atoms with van der Waals surface area (Å²) in [4.78, 5) is 2.26. The van der Waals surface area contributed by atoms with Crippen LogP contribution in [0.4, 0.5) is 5.69 Å². The molecule has 2 heterocycles. The van der Waals surface area contributed by atoms with Crippen molar-refractivity contribution in [3.8, 4) is 0 Å². The van der Waals surface area contributed by atoms with E-state index in [1.807, 2.05) is 42.1 Å². The molecule has 1 N–H and O–H groups in total. The Balaban J connectivity index is 1.82. The maximum Gasteiger partial charge on any atom is 0.316 e. The Labute approximate surface area is 134 Å².